The maximum Gasteiger partial charge on any atom is 0.239 e. The minimum Gasteiger partial charge on any atom is -0.337 e. The molecule has 0 spiro atoms. The summed E-state index contributed by atoms with van der Waals surface area (Å²) >= 11 is 0. The lowest BCUT2D eigenvalue weighted by Gasteiger charge is -2.19. The highest BCUT2D eigenvalue weighted by atomic mass is 16.2. The van der Waals surface area contributed by atoms with Gasteiger partial charge in [-0.05, 0) is 19.4 Å². The first kappa shape index (κ1) is 10.1. The van der Waals surface area contributed by atoms with Gasteiger partial charge in [0.1, 0.15) is 12.2 Å². The smallest absolute Gasteiger partial charge is 0.239 e. The van der Waals surface area contributed by atoms with E-state index in [2.05, 4.69) is 20.5 Å². The minimum atomic E-state index is -0.0158. The molecule has 1 saturated heterocycles. The molecule has 1 amide bonds. The third kappa shape index (κ3) is 2.33. The molecule has 2 rings (SSSR count). The van der Waals surface area contributed by atoms with E-state index in [-0.39, 0.29) is 11.9 Å². The number of nitrogens with zero attached hydrogens (tertiary/aromatic N) is 3. The van der Waals surface area contributed by atoms with Crippen LogP contribution in [0.3, 0.4) is 0 Å². The van der Waals surface area contributed by atoms with E-state index in [1.807, 2.05) is 0 Å². The first-order valence-corrected chi connectivity index (χ1v) is 5.10. The molecule has 82 valence electrons. The van der Waals surface area contributed by atoms with Crippen LogP contribution in [0.15, 0.2) is 6.33 Å². The average Bonchev–Trinajstić information content (AvgIpc) is 2.88. The van der Waals surface area contributed by atoms with Gasteiger partial charge in [0.15, 0.2) is 0 Å². The Hall–Kier alpha value is -1.43. The van der Waals surface area contributed by atoms with Crippen molar-refractivity contribution >= 4 is 5.91 Å². The van der Waals surface area contributed by atoms with Crippen LogP contribution in [0.1, 0.15) is 18.7 Å². The van der Waals surface area contributed by atoms with Crippen LogP contribution in [0, 0.1) is 0 Å². The highest BCUT2D eigenvalue weighted by molar-refractivity contribution is 5.81. The number of nitrogens with one attached hydrogen (secondary N) is 2. The van der Waals surface area contributed by atoms with E-state index < -0.39 is 0 Å². The molecule has 1 atom stereocenters. The van der Waals surface area contributed by atoms with E-state index in [0.717, 1.165) is 19.4 Å². The van der Waals surface area contributed by atoms with Gasteiger partial charge < -0.3 is 10.2 Å². The Labute approximate surface area is 88.1 Å². The molecule has 0 saturated carbocycles. The average molecular weight is 209 g/mol. The Morgan fingerprint density at radius 1 is 1.73 bits per heavy atom. The molecule has 1 aliphatic rings. The van der Waals surface area contributed by atoms with Crippen molar-refractivity contribution in [2.75, 3.05) is 13.6 Å². The van der Waals surface area contributed by atoms with Crippen LogP contribution in [0.25, 0.3) is 0 Å². The van der Waals surface area contributed by atoms with Crippen LogP contribution < -0.4 is 5.32 Å². The monoisotopic (exact) mass is 209 g/mol. The molecule has 0 bridgehead atoms. The lowest BCUT2D eigenvalue weighted by Crippen LogP contribution is -2.41. The summed E-state index contributed by atoms with van der Waals surface area (Å²) in [6, 6.07) is -0.0158. The van der Waals surface area contributed by atoms with Crippen molar-refractivity contribution in [2.24, 2.45) is 0 Å². The highest BCUT2D eigenvalue weighted by Crippen LogP contribution is 2.08. The van der Waals surface area contributed by atoms with Crippen LogP contribution in [0.5, 0.6) is 0 Å². The van der Waals surface area contributed by atoms with Crippen molar-refractivity contribution in [3.8, 4) is 0 Å². The lowest BCUT2D eigenvalue weighted by molar-refractivity contribution is -0.132. The van der Waals surface area contributed by atoms with Crippen molar-refractivity contribution < 1.29 is 4.79 Å². The molecule has 1 aromatic heterocycles. The largest absolute Gasteiger partial charge is 0.337 e. The SMILES string of the molecule is CN(Cc1ncn[nH]1)C(=O)[C@H]1CCCN1. The predicted molar refractivity (Wildman–Crippen MR) is 53.9 cm³/mol. The predicted octanol–water partition coefficient (Wildman–Crippen LogP) is -0.485. The third-order valence-corrected chi connectivity index (χ3v) is 2.59. The number of rotatable bonds is 3. The van der Waals surface area contributed by atoms with Gasteiger partial charge in [0.05, 0.1) is 12.6 Å². The maximum absolute atomic E-state index is 11.9. The van der Waals surface area contributed by atoms with Gasteiger partial charge in [-0.3, -0.25) is 9.89 Å². The normalized spacial score (nSPS) is 20.5. The minimum absolute atomic E-state index is 0.0158. The topological polar surface area (TPSA) is 73.9 Å². The van der Waals surface area contributed by atoms with Crippen molar-refractivity contribution in [3.63, 3.8) is 0 Å². The van der Waals surface area contributed by atoms with E-state index in [1.54, 1.807) is 11.9 Å². The second-order valence-corrected chi connectivity index (χ2v) is 3.78. The maximum atomic E-state index is 11.9. The summed E-state index contributed by atoms with van der Waals surface area (Å²) in [5.74, 6) is 0.841. The van der Waals surface area contributed by atoms with Gasteiger partial charge in [-0.15, -0.1) is 0 Å². The second-order valence-electron chi connectivity index (χ2n) is 3.78. The number of carbonyl (C=O) groups excluding carboxylic acids is 1. The molecule has 0 aromatic carbocycles. The summed E-state index contributed by atoms with van der Waals surface area (Å²) in [4.78, 5) is 17.5. The zero-order valence-electron chi connectivity index (χ0n) is 8.73. The summed E-state index contributed by atoms with van der Waals surface area (Å²) in [7, 11) is 1.78. The fourth-order valence-electron chi connectivity index (χ4n) is 1.77. The summed E-state index contributed by atoms with van der Waals surface area (Å²) in [5, 5.41) is 9.66. The Kier molecular flexibility index (Phi) is 2.96. The van der Waals surface area contributed by atoms with E-state index >= 15 is 0 Å². The van der Waals surface area contributed by atoms with E-state index in [4.69, 9.17) is 0 Å². The van der Waals surface area contributed by atoms with Gasteiger partial charge in [-0.25, -0.2) is 4.98 Å². The highest BCUT2D eigenvalue weighted by Gasteiger charge is 2.25. The third-order valence-electron chi connectivity index (χ3n) is 2.59. The Morgan fingerprint density at radius 2 is 2.60 bits per heavy atom. The van der Waals surface area contributed by atoms with Crippen LogP contribution in [-0.2, 0) is 11.3 Å². The number of carbonyl (C=O) groups is 1. The van der Waals surface area contributed by atoms with Crippen LogP contribution in [0.4, 0.5) is 0 Å². The van der Waals surface area contributed by atoms with Crippen LogP contribution >= 0.6 is 0 Å². The quantitative estimate of drug-likeness (QED) is 0.705. The van der Waals surface area contributed by atoms with Crippen molar-refractivity contribution in [2.45, 2.75) is 25.4 Å². The van der Waals surface area contributed by atoms with E-state index in [0.29, 0.717) is 12.4 Å². The molecule has 1 aliphatic heterocycles. The standard InChI is InChI=1S/C9H15N5O/c1-14(5-8-11-6-12-13-8)9(15)7-3-2-4-10-7/h6-7,10H,2-5H2,1H3,(H,11,12,13)/t7-/m1/s1. The Balaban J connectivity index is 1.89. The summed E-state index contributed by atoms with van der Waals surface area (Å²) < 4.78 is 0. The van der Waals surface area contributed by atoms with Crippen molar-refractivity contribution in [1.82, 2.24) is 25.4 Å². The lowest BCUT2D eigenvalue weighted by atomic mass is 10.2. The summed E-state index contributed by atoms with van der Waals surface area (Å²) in [6.07, 6.45) is 3.45. The number of aromatic nitrogens is 3. The van der Waals surface area contributed by atoms with Gasteiger partial charge in [-0.1, -0.05) is 0 Å². The molecular formula is C9H15N5O. The van der Waals surface area contributed by atoms with E-state index in [1.165, 1.54) is 6.33 Å². The molecule has 0 unspecified atom stereocenters. The van der Waals surface area contributed by atoms with E-state index in [9.17, 15) is 4.79 Å². The summed E-state index contributed by atoms with van der Waals surface area (Å²) in [6.45, 7) is 1.42. The molecule has 2 N–H and O–H groups in total. The number of likely N-dealkylation sites (N-methyl/N-ethyl adjacent to an activating group) is 1. The molecule has 0 radical (unpaired) electrons. The van der Waals surface area contributed by atoms with Gasteiger partial charge in [0.2, 0.25) is 5.91 Å². The number of hydrogen-bond acceptors (Lipinski definition) is 4. The second kappa shape index (κ2) is 4.39. The Bertz CT molecular complexity index is 317. The summed E-state index contributed by atoms with van der Waals surface area (Å²) in [5.41, 5.74) is 0. The van der Waals surface area contributed by atoms with Gasteiger partial charge >= 0.3 is 0 Å². The van der Waals surface area contributed by atoms with Gasteiger partial charge in [-0.2, -0.15) is 5.10 Å². The molecule has 6 heteroatoms. The molecule has 1 aromatic rings. The number of H-pyrrole nitrogens is 1. The molecule has 6 nitrogen and oxygen atoms in total. The molecule has 15 heavy (non-hydrogen) atoms. The zero-order valence-corrected chi connectivity index (χ0v) is 8.73. The zero-order chi connectivity index (χ0) is 10.7. The first-order valence-electron chi connectivity index (χ1n) is 5.10. The van der Waals surface area contributed by atoms with Crippen molar-refractivity contribution in [1.29, 1.82) is 0 Å². The fourth-order valence-corrected chi connectivity index (χ4v) is 1.77. The van der Waals surface area contributed by atoms with Gasteiger partial charge in [0.25, 0.3) is 0 Å². The first-order chi connectivity index (χ1) is 7.27. The van der Waals surface area contributed by atoms with Crippen LogP contribution in [0.2, 0.25) is 0 Å². The molecule has 1 fully saturated rings. The molecular weight excluding hydrogens is 194 g/mol. The number of aromatic amines is 1. The van der Waals surface area contributed by atoms with Crippen molar-refractivity contribution in [3.05, 3.63) is 12.2 Å². The Morgan fingerprint density at radius 3 is 3.20 bits per heavy atom. The number of hydrogen-bond donors (Lipinski definition) is 2. The molecule has 0 aliphatic carbocycles. The van der Waals surface area contributed by atoms with Crippen LogP contribution in [-0.4, -0.2) is 45.6 Å². The van der Waals surface area contributed by atoms with Gasteiger partial charge in [0, 0.05) is 7.05 Å². The number of amides is 1. The fraction of sp³-hybridized carbons (Fsp3) is 0.667. The molecule has 2 heterocycles.